The molecule has 0 aliphatic carbocycles. The van der Waals surface area contributed by atoms with E-state index in [-0.39, 0.29) is 73.5 Å². The number of likely N-dealkylation sites (N-methyl/N-ethyl adjacent to an activating group) is 1. The van der Waals surface area contributed by atoms with Gasteiger partial charge in [-0.05, 0) is 100 Å². The van der Waals surface area contributed by atoms with Crippen LogP contribution in [0.15, 0.2) is 56.3 Å². The van der Waals surface area contributed by atoms with E-state index in [0.29, 0.717) is 80.1 Å². The Morgan fingerprint density at radius 2 is 1.56 bits per heavy atom. The number of nitrogens with one attached hydrogen (secondary N) is 3. The first-order valence-corrected chi connectivity index (χ1v) is 25.3. The zero-order chi connectivity index (χ0) is 50.2. The fourth-order valence-corrected chi connectivity index (χ4v) is 12.0. The molecule has 5 N–H and O–H groups in total. The number of carbonyl (C=O) groups excluding carboxylic acids is 6. The van der Waals surface area contributed by atoms with Crippen LogP contribution in [0.2, 0.25) is 0 Å². The van der Waals surface area contributed by atoms with Crippen molar-refractivity contribution in [1.82, 2.24) is 25.6 Å². The Morgan fingerprint density at radius 3 is 2.16 bits per heavy atom. The Morgan fingerprint density at radius 1 is 0.926 bits per heavy atom. The van der Waals surface area contributed by atoms with Crippen LogP contribution in [0.4, 0.5) is 8.63 Å². The van der Waals surface area contributed by atoms with Crippen molar-refractivity contribution in [1.29, 1.82) is 0 Å². The first-order chi connectivity index (χ1) is 31.8. The Bertz CT molecular complexity index is 2860. The lowest BCUT2D eigenvalue weighted by Crippen LogP contribution is -2.54. The summed E-state index contributed by atoms with van der Waals surface area (Å²) in [6.07, 6.45) is 0.593. The molecule has 2 aromatic heterocycles. The average Bonchev–Trinajstić information content (AvgIpc) is 3.96. The Labute approximate surface area is 396 Å². The number of rotatable bonds is 9. The van der Waals surface area contributed by atoms with E-state index in [0.717, 1.165) is 0 Å². The van der Waals surface area contributed by atoms with Crippen LogP contribution in [0.25, 0.3) is 5.57 Å². The van der Waals surface area contributed by atoms with E-state index in [1.54, 1.807) is 40.0 Å². The molecule has 1 fully saturated rings. The van der Waals surface area contributed by atoms with Crippen molar-refractivity contribution in [3.05, 3.63) is 85.7 Å². The lowest BCUT2D eigenvalue weighted by atomic mass is 9.90. The average molecular weight is 1010 g/mol. The molecular weight excluding hydrogens is 954 g/mol. The normalized spacial score (nSPS) is 22.5. The molecule has 25 heteroatoms. The van der Waals surface area contributed by atoms with Gasteiger partial charge in [0, 0.05) is 55.4 Å². The lowest BCUT2D eigenvalue weighted by molar-refractivity contribution is -0.788. The lowest BCUT2D eigenvalue weighted by Gasteiger charge is -2.36. The molecule has 1 saturated heterocycles. The molecule has 3 aliphatic heterocycles. The van der Waals surface area contributed by atoms with Gasteiger partial charge in [0.15, 0.2) is 0 Å². The highest BCUT2D eigenvalue weighted by atomic mass is 32.3. The van der Waals surface area contributed by atoms with Crippen LogP contribution in [-0.4, -0.2) is 109 Å². The summed E-state index contributed by atoms with van der Waals surface area (Å²) in [4.78, 5) is 82.1. The number of fused-ring (bicyclic) bond motifs is 3. The number of carbonyl (C=O) groups is 6. The highest BCUT2D eigenvalue weighted by Crippen LogP contribution is 2.49. The summed E-state index contributed by atoms with van der Waals surface area (Å²) in [6, 6.07) is 4.48. The number of imide groups is 1. The minimum atomic E-state index is -4.98. The van der Waals surface area contributed by atoms with Crippen molar-refractivity contribution < 1.29 is 72.6 Å². The molecule has 1 aromatic carbocycles. The monoisotopic (exact) mass is 1010 g/mol. The number of thiophene rings is 1. The number of quaternary nitrogens is 1. The van der Waals surface area contributed by atoms with E-state index in [2.05, 4.69) is 16.0 Å². The standard InChI is InChI=1S/C43H51BF2N6O13S3/c1-23-29-14-17-35(54)49-31(42(57)48-22-32-33(67(59,60)61)21-38(66-32)68(62,63)64)9-7-8-20-47-34(53)16-15-30-24(2)41(52(6,26(30)4)44(45)46)39(40(23)50(5)25(29)3)27-10-12-28(13-11-27)43(58)65-51-36(55)18-19-37(51)56/h10-13,21,26,31H,7-9,14-20,22H2,1-6H3,(H4-,47,48,49,53,54,57,59,60,61,62,63,64)/p+1/b41-39-. The first kappa shape index (κ1) is 51.8. The first-order valence-electron chi connectivity index (χ1n) is 21.6. The quantitative estimate of drug-likeness (QED) is 0.115. The van der Waals surface area contributed by atoms with Crippen molar-refractivity contribution in [3.8, 4) is 0 Å². The van der Waals surface area contributed by atoms with Gasteiger partial charge >= 0.3 is 23.5 Å². The number of hydrogen-bond donors (Lipinski definition) is 5. The Hall–Kier alpha value is -5.60. The smallest absolute Gasteiger partial charge is 0.356 e. The molecule has 19 nitrogen and oxygen atoms in total. The predicted molar refractivity (Wildman–Crippen MR) is 242 cm³/mol. The number of hydroxylamine groups is 2. The molecule has 6 rings (SSSR count). The fraction of sp³-hybridized carbons (Fsp3) is 0.442. The maximum Gasteiger partial charge on any atom is 0.849 e. The zero-order valence-electron chi connectivity index (χ0n) is 38.1. The van der Waals surface area contributed by atoms with E-state index < -0.39 is 89.4 Å². The van der Waals surface area contributed by atoms with Crippen molar-refractivity contribution in [2.45, 2.75) is 113 Å². The van der Waals surface area contributed by atoms with Gasteiger partial charge in [-0.3, -0.25) is 37.5 Å². The summed E-state index contributed by atoms with van der Waals surface area (Å²) in [7, 11) is -9.61. The van der Waals surface area contributed by atoms with Crippen molar-refractivity contribution >= 4 is 80.1 Å². The van der Waals surface area contributed by atoms with Crippen LogP contribution < -0.4 is 16.0 Å². The van der Waals surface area contributed by atoms with Crippen LogP contribution >= 0.6 is 11.3 Å². The van der Waals surface area contributed by atoms with Crippen molar-refractivity contribution in [2.75, 3.05) is 13.6 Å². The largest absolute Gasteiger partial charge is 0.849 e. The number of hydrogen-bond acceptors (Lipinski definition) is 12. The summed E-state index contributed by atoms with van der Waals surface area (Å²) < 4.78 is 98.6. The molecular formula is C43H52BF2N6O13S3+. The Balaban J connectivity index is 1.38. The molecule has 0 radical (unpaired) electrons. The van der Waals surface area contributed by atoms with Gasteiger partial charge in [-0.25, -0.2) is 13.4 Å². The molecule has 3 atom stereocenters. The third kappa shape index (κ3) is 10.5. The highest BCUT2D eigenvalue weighted by molar-refractivity contribution is 7.88. The van der Waals surface area contributed by atoms with Gasteiger partial charge < -0.3 is 25.4 Å². The van der Waals surface area contributed by atoms with Gasteiger partial charge in [0.1, 0.15) is 20.8 Å². The second-order valence-corrected chi connectivity index (χ2v) is 21.3. The molecule has 3 aliphatic rings. The molecule has 5 amide bonds. The van der Waals surface area contributed by atoms with E-state index in [1.807, 2.05) is 11.5 Å². The van der Waals surface area contributed by atoms with Crippen molar-refractivity contribution in [3.63, 3.8) is 0 Å². The van der Waals surface area contributed by atoms with Crippen LogP contribution in [-0.2, 0) is 69.1 Å². The maximum atomic E-state index is 15.8. The fourth-order valence-electron chi connectivity index (χ4n) is 9.11. The number of aromatic nitrogens is 1. The summed E-state index contributed by atoms with van der Waals surface area (Å²) in [5.41, 5.74) is 4.80. The third-order valence-electron chi connectivity index (χ3n) is 13.0. The molecule has 4 bridgehead atoms. The van der Waals surface area contributed by atoms with E-state index in [9.17, 15) is 54.7 Å². The van der Waals surface area contributed by atoms with Crippen LogP contribution in [0.5, 0.6) is 0 Å². The van der Waals surface area contributed by atoms with E-state index in [4.69, 9.17) is 4.84 Å². The van der Waals surface area contributed by atoms with Gasteiger partial charge in [-0.2, -0.15) is 16.8 Å². The number of allylic oxidation sites excluding steroid dienone is 1. The van der Waals surface area contributed by atoms with E-state index >= 15 is 8.63 Å². The number of benzene rings is 1. The van der Waals surface area contributed by atoms with E-state index in [1.165, 1.54) is 19.2 Å². The molecule has 0 saturated carbocycles. The van der Waals surface area contributed by atoms with Gasteiger partial charge in [0.05, 0.1) is 36.5 Å². The van der Waals surface area contributed by atoms with Gasteiger partial charge in [0.2, 0.25) is 17.7 Å². The van der Waals surface area contributed by atoms with Crippen LogP contribution in [0, 0.1) is 13.8 Å². The van der Waals surface area contributed by atoms with Crippen LogP contribution in [0.1, 0.15) is 109 Å². The van der Waals surface area contributed by atoms with Gasteiger partial charge in [0.25, 0.3) is 21.9 Å². The number of halogens is 2. The number of amides is 5. The predicted octanol–water partition coefficient (Wildman–Crippen LogP) is 4.08. The second-order valence-electron chi connectivity index (χ2n) is 17.1. The SMILES string of the molecule is CC1=C2CCC(=O)NCCCCC(C(=O)NCc3sc(S(=O)(=O)O)cc3S(=O)(=O)O)NC(=O)CCc3c(C)c(n(C)c3C)/C(c3ccc(C(=O)ON4C(=O)CCC4=O)cc3)=C/1[N+](C)(B(F)F)C2C. The van der Waals surface area contributed by atoms with Gasteiger partial charge in [-0.1, -0.05) is 12.1 Å². The number of nitrogens with zero attached hydrogens (tertiary/aromatic N) is 3. The zero-order valence-corrected chi connectivity index (χ0v) is 40.6. The molecule has 5 heterocycles. The summed E-state index contributed by atoms with van der Waals surface area (Å²) in [5.74, 6) is -4.00. The third-order valence-corrected chi connectivity index (χ3v) is 16.5. The molecule has 366 valence electrons. The minimum absolute atomic E-state index is 0.0252. The molecule has 3 aromatic rings. The Kier molecular flexibility index (Phi) is 15.4. The minimum Gasteiger partial charge on any atom is -0.356 e. The topological polar surface area (TPSA) is 265 Å². The maximum absolute atomic E-state index is 15.8. The summed E-state index contributed by atoms with van der Waals surface area (Å²) in [5, 5.41) is 8.45. The second kappa shape index (κ2) is 20.2. The molecule has 3 unspecified atom stereocenters. The van der Waals surface area contributed by atoms with Crippen LogP contribution in [0.3, 0.4) is 0 Å². The highest BCUT2D eigenvalue weighted by Gasteiger charge is 2.58. The molecule has 0 spiro atoms. The van der Waals surface area contributed by atoms with Crippen molar-refractivity contribution in [2.24, 2.45) is 7.05 Å². The summed E-state index contributed by atoms with van der Waals surface area (Å²) in [6.45, 7) is 6.62. The molecule has 68 heavy (non-hydrogen) atoms. The summed E-state index contributed by atoms with van der Waals surface area (Å²) >= 11 is 0.316. The van der Waals surface area contributed by atoms with Gasteiger partial charge in [-0.15, -0.1) is 16.4 Å².